The van der Waals surface area contributed by atoms with Crippen molar-refractivity contribution in [2.75, 3.05) is 19.6 Å². The molecule has 2 fully saturated rings. The smallest absolute Gasteiger partial charge is 0.254 e. The Bertz CT molecular complexity index is 759. The van der Waals surface area contributed by atoms with Crippen LogP contribution in [0.2, 0.25) is 0 Å². The Hall–Kier alpha value is -2.37. The maximum atomic E-state index is 13.2. The maximum absolute atomic E-state index is 13.2. The first kappa shape index (κ1) is 23.3. The molecule has 0 spiro atoms. The molecule has 0 aromatic heterocycles. The Morgan fingerprint density at radius 1 is 1.06 bits per heavy atom. The zero-order valence-electron chi connectivity index (χ0n) is 19.2. The van der Waals surface area contributed by atoms with Crippen LogP contribution in [0.25, 0.3) is 0 Å². The van der Waals surface area contributed by atoms with E-state index in [-0.39, 0.29) is 29.7 Å². The normalized spacial score (nSPS) is 20.7. The topological polar surface area (TPSA) is 69.7 Å². The number of benzene rings is 1. The molecule has 1 saturated carbocycles. The van der Waals surface area contributed by atoms with Crippen molar-refractivity contribution < 1.29 is 14.4 Å². The summed E-state index contributed by atoms with van der Waals surface area (Å²) in [7, 11) is 0. The Balaban J connectivity index is 1.54. The Labute approximate surface area is 186 Å². The largest absolute Gasteiger partial charge is 0.344 e. The molecule has 6 nitrogen and oxygen atoms in total. The maximum Gasteiger partial charge on any atom is 0.254 e. The lowest BCUT2D eigenvalue weighted by Crippen LogP contribution is -2.59. The molecule has 3 amide bonds. The van der Waals surface area contributed by atoms with E-state index in [1.54, 1.807) is 4.90 Å². The Kier molecular flexibility index (Phi) is 8.10. The summed E-state index contributed by atoms with van der Waals surface area (Å²) in [5.74, 6) is 0.617. The number of hydrogen-bond donors (Lipinski definition) is 1. The van der Waals surface area contributed by atoms with Gasteiger partial charge in [0.2, 0.25) is 11.8 Å². The minimum atomic E-state index is -0.514. The summed E-state index contributed by atoms with van der Waals surface area (Å²) < 4.78 is 0. The van der Waals surface area contributed by atoms with E-state index in [4.69, 9.17) is 0 Å². The van der Waals surface area contributed by atoms with Crippen LogP contribution in [0.1, 0.15) is 69.7 Å². The van der Waals surface area contributed by atoms with Gasteiger partial charge in [-0.1, -0.05) is 57.7 Å². The van der Waals surface area contributed by atoms with E-state index < -0.39 is 6.04 Å². The lowest BCUT2D eigenvalue weighted by atomic mass is 9.99. The monoisotopic (exact) mass is 427 g/mol. The van der Waals surface area contributed by atoms with Gasteiger partial charge < -0.3 is 15.1 Å². The fraction of sp³-hybridized carbons (Fsp3) is 0.640. The van der Waals surface area contributed by atoms with Gasteiger partial charge in [0.15, 0.2) is 0 Å². The average molecular weight is 428 g/mol. The van der Waals surface area contributed by atoms with Crippen LogP contribution in [-0.2, 0) is 9.59 Å². The van der Waals surface area contributed by atoms with Crippen molar-refractivity contribution in [3.8, 4) is 0 Å². The van der Waals surface area contributed by atoms with Crippen molar-refractivity contribution in [2.45, 2.75) is 71.4 Å². The Morgan fingerprint density at radius 2 is 1.74 bits per heavy atom. The SMILES string of the molecule is CC(C)C(NC(=O)CCC1CCCC1)C(=O)N1CCN(C(=O)c2ccccc2)C(C)C1. The van der Waals surface area contributed by atoms with Crippen molar-refractivity contribution in [3.63, 3.8) is 0 Å². The first-order valence-corrected chi connectivity index (χ1v) is 11.8. The van der Waals surface area contributed by atoms with Crippen molar-refractivity contribution >= 4 is 17.7 Å². The zero-order valence-corrected chi connectivity index (χ0v) is 19.2. The predicted molar refractivity (Wildman–Crippen MR) is 121 cm³/mol. The summed E-state index contributed by atoms with van der Waals surface area (Å²) in [6.07, 6.45) is 6.42. The number of piperazine rings is 1. The highest BCUT2D eigenvalue weighted by molar-refractivity contribution is 5.94. The number of rotatable bonds is 7. The fourth-order valence-corrected chi connectivity index (χ4v) is 4.80. The minimum Gasteiger partial charge on any atom is -0.344 e. The molecule has 1 aromatic carbocycles. The molecule has 2 unspecified atom stereocenters. The van der Waals surface area contributed by atoms with Crippen LogP contribution < -0.4 is 5.32 Å². The van der Waals surface area contributed by atoms with Gasteiger partial charge in [-0.25, -0.2) is 0 Å². The first-order valence-electron chi connectivity index (χ1n) is 11.8. The van der Waals surface area contributed by atoms with E-state index in [9.17, 15) is 14.4 Å². The summed E-state index contributed by atoms with van der Waals surface area (Å²) >= 11 is 0. The molecule has 31 heavy (non-hydrogen) atoms. The van der Waals surface area contributed by atoms with Crippen LogP contribution in [0, 0.1) is 11.8 Å². The predicted octanol–water partition coefficient (Wildman–Crippen LogP) is 3.47. The molecule has 2 atom stereocenters. The summed E-state index contributed by atoms with van der Waals surface area (Å²) in [5.41, 5.74) is 0.670. The quantitative estimate of drug-likeness (QED) is 0.724. The number of nitrogens with zero attached hydrogens (tertiary/aromatic N) is 2. The van der Waals surface area contributed by atoms with Crippen molar-refractivity contribution in [1.29, 1.82) is 0 Å². The molecule has 1 aliphatic carbocycles. The van der Waals surface area contributed by atoms with Gasteiger partial charge in [-0.2, -0.15) is 0 Å². The average Bonchev–Trinajstić information content (AvgIpc) is 3.29. The summed E-state index contributed by atoms with van der Waals surface area (Å²) in [6, 6.07) is 8.67. The third-order valence-corrected chi connectivity index (χ3v) is 6.72. The van der Waals surface area contributed by atoms with Gasteiger partial charge in [-0.3, -0.25) is 14.4 Å². The first-order chi connectivity index (χ1) is 14.9. The van der Waals surface area contributed by atoms with E-state index in [1.807, 2.05) is 56.0 Å². The minimum absolute atomic E-state index is 0.000763. The van der Waals surface area contributed by atoms with Crippen molar-refractivity contribution in [1.82, 2.24) is 15.1 Å². The van der Waals surface area contributed by atoms with Gasteiger partial charge in [-0.05, 0) is 37.3 Å². The fourth-order valence-electron chi connectivity index (χ4n) is 4.80. The number of amides is 3. The van der Waals surface area contributed by atoms with Crippen LogP contribution >= 0.6 is 0 Å². The molecule has 6 heteroatoms. The third kappa shape index (κ3) is 6.08. The van der Waals surface area contributed by atoms with Crippen molar-refractivity contribution in [3.05, 3.63) is 35.9 Å². The second-order valence-electron chi connectivity index (χ2n) is 9.48. The molecule has 0 radical (unpaired) electrons. The number of carbonyl (C=O) groups excluding carboxylic acids is 3. The van der Waals surface area contributed by atoms with Crippen LogP contribution in [0.15, 0.2) is 30.3 Å². The molecular formula is C25H37N3O3. The van der Waals surface area contributed by atoms with Gasteiger partial charge in [-0.15, -0.1) is 0 Å². The highest BCUT2D eigenvalue weighted by atomic mass is 16.2. The number of hydrogen-bond acceptors (Lipinski definition) is 3. The number of nitrogens with one attached hydrogen (secondary N) is 1. The van der Waals surface area contributed by atoms with Crippen LogP contribution in [0.4, 0.5) is 0 Å². The van der Waals surface area contributed by atoms with Crippen molar-refractivity contribution in [2.24, 2.45) is 11.8 Å². The Morgan fingerprint density at radius 3 is 2.35 bits per heavy atom. The van der Waals surface area contributed by atoms with E-state index in [0.717, 1.165) is 6.42 Å². The second kappa shape index (κ2) is 10.8. The third-order valence-electron chi connectivity index (χ3n) is 6.72. The van der Waals surface area contributed by atoms with E-state index in [1.165, 1.54) is 25.7 Å². The molecule has 1 heterocycles. The van der Waals surface area contributed by atoms with Crippen LogP contribution in [-0.4, -0.2) is 59.2 Å². The highest BCUT2D eigenvalue weighted by Gasteiger charge is 2.34. The van der Waals surface area contributed by atoms with Crippen LogP contribution in [0.3, 0.4) is 0 Å². The molecule has 3 rings (SSSR count). The van der Waals surface area contributed by atoms with E-state index in [2.05, 4.69) is 5.32 Å². The second-order valence-corrected chi connectivity index (χ2v) is 9.48. The van der Waals surface area contributed by atoms with Gasteiger partial charge in [0, 0.05) is 37.7 Å². The lowest BCUT2D eigenvalue weighted by molar-refractivity contribution is -0.139. The summed E-state index contributed by atoms with van der Waals surface area (Å²) in [5, 5.41) is 3.00. The van der Waals surface area contributed by atoms with Gasteiger partial charge >= 0.3 is 0 Å². The van der Waals surface area contributed by atoms with Gasteiger partial charge in [0.1, 0.15) is 6.04 Å². The molecular weight excluding hydrogens is 390 g/mol. The van der Waals surface area contributed by atoms with E-state index in [0.29, 0.717) is 37.5 Å². The standard InChI is InChI=1S/C25H37N3O3/c1-18(2)23(26-22(29)14-13-20-9-7-8-10-20)25(31)27-15-16-28(19(3)17-27)24(30)21-11-5-4-6-12-21/h4-6,11-12,18-20,23H,7-10,13-17H2,1-3H3,(H,26,29). The molecule has 1 saturated heterocycles. The van der Waals surface area contributed by atoms with Gasteiger partial charge in [0.05, 0.1) is 0 Å². The molecule has 1 N–H and O–H groups in total. The summed E-state index contributed by atoms with van der Waals surface area (Å²) in [6.45, 7) is 7.39. The van der Waals surface area contributed by atoms with E-state index >= 15 is 0 Å². The summed E-state index contributed by atoms with van der Waals surface area (Å²) in [4.78, 5) is 42.2. The lowest BCUT2D eigenvalue weighted by Gasteiger charge is -2.41. The van der Waals surface area contributed by atoms with Crippen LogP contribution in [0.5, 0.6) is 0 Å². The van der Waals surface area contributed by atoms with Gasteiger partial charge in [0.25, 0.3) is 5.91 Å². The molecule has 2 aliphatic rings. The zero-order chi connectivity index (χ0) is 22.4. The highest BCUT2D eigenvalue weighted by Crippen LogP contribution is 2.28. The molecule has 170 valence electrons. The number of carbonyl (C=O) groups is 3. The molecule has 0 bridgehead atoms. The molecule has 1 aliphatic heterocycles. The molecule has 1 aromatic rings.